The van der Waals surface area contributed by atoms with Crippen LogP contribution in [0.2, 0.25) is 0 Å². The number of carbonyl (C=O) groups is 1. The Morgan fingerprint density at radius 1 is 1.25 bits per heavy atom. The topological polar surface area (TPSA) is 58.6 Å². The predicted octanol–water partition coefficient (Wildman–Crippen LogP) is 3.66. The number of aliphatic hydroxyl groups is 1. The predicted molar refractivity (Wildman–Crippen MR) is 83.8 cm³/mol. The fourth-order valence-electron chi connectivity index (χ4n) is 2.82. The Kier molecular flexibility index (Phi) is 3.84. The highest BCUT2D eigenvalue weighted by Crippen LogP contribution is 2.49. The molecule has 1 amide bonds. The SMILES string of the molecule is COc1cccc(C(F)(F)F)c1C1(O)C(=O)Nc2ccc(Br)cc21. The summed E-state index contributed by atoms with van der Waals surface area (Å²) in [7, 11) is 1.18. The van der Waals surface area contributed by atoms with Crippen LogP contribution in [0.15, 0.2) is 40.9 Å². The van der Waals surface area contributed by atoms with Crippen molar-refractivity contribution in [2.75, 3.05) is 12.4 Å². The zero-order valence-corrected chi connectivity index (χ0v) is 13.8. The molecule has 3 rings (SSSR count). The summed E-state index contributed by atoms with van der Waals surface area (Å²) in [6.45, 7) is 0. The average molecular weight is 402 g/mol. The van der Waals surface area contributed by atoms with Gasteiger partial charge in [-0.25, -0.2) is 0 Å². The van der Waals surface area contributed by atoms with Gasteiger partial charge in [0.1, 0.15) is 5.75 Å². The molecule has 0 saturated heterocycles. The van der Waals surface area contributed by atoms with Crippen molar-refractivity contribution in [3.63, 3.8) is 0 Å². The first-order valence-corrected chi connectivity index (χ1v) is 7.57. The van der Waals surface area contributed by atoms with Crippen molar-refractivity contribution >= 4 is 27.5 Å². The van der Waals surface area contributed by atoms with Crippen LogP contribution in [0.1, 0.15) is 16.7 Å². The number of rotatable bonds is 2. The number of ether oxygens (including phenoxy) is 1. The van der Waals surface area contributed by atoms with Gasteiger partial charge in [0.25, 0.3) is 5.91 Å². The molecule has 0 saturated carbocycles. The van der Waals surface area contributed by atoms with Gasteiger partial charge in [-0.05, 0) is 30.3 Å². The molecule has 1 heterocycles. The van der Waals surface area contributed by atoms with E-state index in [0.717, 1.165) is 12.1 Å². The van der Waals surface area contributed by atoms with Crippen LogP contribution in [0.4, 0.5) is 18.9 Å². The molecule has 24 heavy (non-hydrogen) atoms. The van der Waals surface area contributed by atoms with E-state index in [2.05, 4.69) is 21.2 Å². The Labute approximate surface area is 143 Å². The summed E-state index contributed by atoms with van der Waals surface area (Å²) in [4.78, 5) is 12.4. The van der Waals surface area contributed by atoms with Crippen LogP contribution >= 0.6 is 15.9 Å². The number of alkyl halides is 3. The van der Waals surface area contributed by atoms with Crippen LogP contribution in [0, 0.1) is 0 Å². The Morgan fingerprint density at radius 2 is 1.96 bits per heavy atom. The molecule has 1 aliphatic rings. The standard InChI is InChI=1S/C16H11BrF3NO3/c1-24-12-4-2-3-9(16(18,19)20)13(12)15(23)10-7-8(17)5-6-11(10)21-14(15)22/h2-7,23H,1H3,(H,21,22). The molecule has 0 aliphatic carbocycles. The van der Waals surface area contributed by atoms with Crippen LogP contribution in [-0.4, -0.2) is 18.1 Å². The quantitative estimate of drug-likeness (QED) is 0.806. The zero-order chi connectivity index (χ0) is 17.7. The summed E-state index contributed by atoms with van der Waals surface area (Å²) in [6.07, 6.45) is -4.77. The smallest absolute Gasteiger partial charge is 0.416 e. The van der Waals surface area contributed by atoms with E-state index in [4.69, 9.17) is 4.74 Å². The normalized spacial score (nSPS) is 19.8. The molecule has 2 N–H and O–H groups in total. The maximum atomic E-state index is 13.5. The van der Waals surface area contributed by atoms with Gasteiger partial charge in [-0.2, -0.15) is 13.2 Å². The largest absolute Gasteiger partial charge is 0.496 e. The first-order valence-electron chi connectivity index (χ1n) is 6.78. The highest BCUT2D eigenvalue weighted by Gasteiger charge is 2.53. The minimum atomic E-state index is -4.77. The molecular formula is C16H11BrF3NO3. The van der Waals surface area contributed by atoms with Crippen molar-refractivity contribution in [1.82, 2.24) is 0 Å². The van der Waals surface area contributed by atoms with E-state index in [1.807, 2.05) is 0 Å². The highest BCUT2D eigenvalue weighted by atomic mass is 79.9. The minimum Gasteiger partial charge on any atom is -0.496 e. The summed E-state index contributed by atoms with van der Waals surface area (Å²) in [5, 5.41) is 13.5. The number of benzene rings is 2. The molecule has 2 aromatic rings. The number of fused-ring (bicyclic) bond motifs is 1. The van der Waals surface area contributed by atoms with E-state index in [1.54, 1.807) is 6.07 Å². The third kappa shape index (κ3) is 2.37. The van der Waals surface area contributed by atoms with Gasteiger partial charge in [-0.1, -0.05) is 22.0 Å². The van der Waals surface area contributed by atoms with E-state index in [1.165, 1.54) is 25.3 Å². The van der Waals surface area contributed by atoms with Crippen LogP contribution in [0.25, 0.3) is 0 Å². The van der Waals surface area contributed by atoms with Gasteiger partial charge in [0.05, 0.1) is 18.2 Å². The molecule has 0 aromatic heterocycles. The Balaban J connectivity index is 2.37. The lowest BCUT2D eigenvalue weighted by molar-refractivity contribution is -0.142. The molecule has 0 radical (unpaired) electrons. The van der Waals surface area contributed by atoms with Crippen molar-refractivity contribution in [3.8, 4) is 5.75 Å². The number of hydrogen-bond donors (Lipinski definition) is 2. The number of nitrogens with one attached hydrogen (secondary N) is 1. The first-order chi connectivity index (χ1) is 11.2. The molecular weight excluding hydrogens is 391 g/mol. The van der Waals surface area contributed by atoms with Crippen molar-refractivity contribution in [3.05, 3.63) is 57.6 Å². The third-order valence-corrected chi connectivity index (χ3v) is 4.35. The van der Waals surface area contributed by atoms with Crippen LogP contribution < -0.4 is 10.1 Å². The second kappa shape index (κ2) is 5.49. The molecule has 1 aliphatic heterocycles. The summed E-state index contributed by atoms with van der Waals surface area (Å²) in [5.74, 6) is -1.19. The number of hydrogen-bond acceptors (Lipinski definition) is 3. The Hall–Kier alpha value is -2.06. The van der Waals surface area contributed by atoms with Crippen molar-refractivity contribution in [1.29, 1.82) is 0 Å². The fourth-order valence-corrected chi connectivity index (χ4v) is 3.18. The number of methoxy groups -OCH3 is 1. The van der Waals surface area contributed by atoms with Gasteiger partial charge < -0.3 is 15.2 Å². The maximum absolute atomic E-state index is 13.5. The van der Waals surface area contributed by atoms with Crippen molar-refractivity contribution < 1.29 is 27.8 Å². The van der Waals surface area contributed by atoms with Gasteiger partial charge in [0, 0.05) is 15.7 Å². The molecule has 126 valence electrons. The van der Waals surface area contributed by atoms with Gasteiger partial charge in [-0.15, -0.1) is 0 Å². The van der Waals surface area contributed by atoms with Gasteiger partial charge in [0.15, 0.2) is 0 Å². The zero-order valence-electron chi connectivity index (χ0n) is 12.2. The van der Waals surface area contributed by atoms with Crippen molar-refractivity contribution in [2.45, 2.75) is 11.8 Å². The summed E-state index contributed by atoms with van der Waals surface area (Å²) >= 11 is 3.20. The average Bonchev–Trinajstić information content (AvgIpc) is 2.78. The highest BCUT2D eigenvalue weighted by molar-refractivity contribution is 9.10. The van der Waals surface area contributed by atoms with Crippen LogP contribution in [-0.2, 0) is 16.6 Å². The second-order valence-electron chi connectivity index (χ2n) is 5.24. The number of amides is 1. The van der Waals surface area contributed by atoms with Crippen LogP contribution in [0.3, 0.4) is 0 Å². The van der Waals surface area contributed by atoms with E-state index >= 15 is 0 Å². The first kappa shape index (κ1) is 16.8. The molecule has 0 spiro atoms. The summed E-state index contributed by atoms with van der Waals surface area (Å²) in [6, 6.07) is 7.74. The lowest BCUT2D eigenvalue weighted by Crippen LogP contribution is -2.37. The number of carbonyl (C=O) groups excluding carboxylic acids is 1. The molecule has 1 atom stereocenters. The fraction of sp³-hybridized carbons (Fsp3) is 0.188. The monoisotopic (exact) mass is 401 g/mol. The maximum Gasteiger partial charge on any atom is 0.416 e. The van der Waals surface area contributed by atoms with E-state index in [0.29, 0.717) is 4.47 Å². The molecule has 4 nitrogen and oxygen atoms in total. The van der Waals surface area contributed by atoms with Gasteiger partial charge in [0.2, 0.25) is 5.60 Å². The molecule has 8 heteroatoms. The molecule has 0 fully saturated rings. The molecule has 1 unspecified atom stereocenters. The minimum absolute atomic E-state index is 0.0249. The molecule has 0 bridgehead atoms. The second-order valence-corrected chi connectivity index (χ2v) is 6.15. The summed E-state index contributed by atoms with van der Waals surface area (Å²) < 4.78 is 45.9. The number of anilines is 1. The third-order valence-electron chi connectivity index (χ3n) is 3.86. The lowest BCUT2D eigenvalue weighted by Gasteiger charge is -2.27. The van der Waals surface area contributed by atoms with Gasteiger partial charge >= 0.3 is 6.18 Å². The Morgan fingerprint density at radius 3 is 2.58 bits per heavy atom. The van der Waals surface area contributed by atoms with E-state index in [-0.39, 0.29) is 17.0 Å². The summed E-state index contributed by atoms with van der Waals surface area (Å²) in [5.41, 5.74) is -4.01. The lowest BCUT2D eigenvalue weighted by atomic mass is 9.83. The van der Waals surface area contributed by atoms with Crippen LogP contribution in [0.5, 0.6) is 5.75 Å². The van der Waals surface area contributed by atoms with E-state index < -0.39 is 28.8 Å². The Bertz CT molecular complexity index is 838. The molecule has 2 aromatic carbocycles. The number of halogens is 4. The van der Waals surface area contributed by atoms with E-state index in [9.17, 15) is 23.1 Å². The van der Waals surface area contributed by atoms with Gasteiger partial charge in [-0.3, -0.25) is 4.79 Å². The van der Waals surface area contributed by atoms with Crippen molar-refractivity contribution in [2.24, 2.45) is 0 Å².